The van der Waals surface area contributed by atoms with E-state index < -0.39 is 0 Å². The van der Waals surface area contributed by atoms with Crippen molar-refractivity contribution in [1.29, 1.82) is 0 Å². The Kier molecular flexibility index (Phi) is 4.10. The average molecular weight is 247 g/mol. The normalized spacial score (nSPS) is 18.2. The number of hydrogen-bond acceptors (Lipinski definition) is 3. The van der Waals surface area contributed by atoms with E-state index in [1.54, 1.807) is 6.20 Å². The molecule has 1 aromatic rings. The number of nitrogens with zero attached hydrogens (tertiary/aromatic N) is 1. The minimum Gasteiger partial charge on any atom is -0.384 e. The summed E-state index contributed by atoms with van der Waals surface area (Å²) in [5.41, 5.74) is 7.29. The van der Waals surface area contributed by atoms with Crippen LogP contribution < -0.4 is 11.1 Å². The van der Waals surface area contributed by atoms with E-state index in [2.05, 4.69) is 24.1 Å². The summed E-state index contributed by atoms with van der Waals surface area (Å²) in [5, 5.41) is 3.55. The van der Waals surface area contributed by atoms with E-state index in [9.17, 15) is 0 Å². The predicted molar refractivity (Wildman–Crippen MR) is 77.5 cm³/mol. The molecule has 0 unspecified atom stereocenters. The van der Waals surface area contributed by atoms with Gasteiger partial charge in [-0.3, -0.25) is 0 Å². The molecule has 18 heavy (non-hydrogen) atoms. The molecule has 1 aliphatic rings. The lowest BCUT2D eigenvalue weighted by Crippen LogP contribution is -2.28. The molecule has 3 heteroatoms. The number of nitrogen functional groups attached to an aromatic ring is 1. The molecule has 0 amide bonds. The first-order valence-corrected chi connectivity index (χ1v) is 7.05. The lowest BCUT2D eigenvalue weighted by molar-refractivity contribution is 0.252. The third-order valence-corrected chi connectivity index (χ3v) is 3.95. The molecule has 1 heterocycles. The van der Waals surface area contributed by atoms with Crippen molar-refractivity contribution in [3.63, 3.8) is 0 Å². The summed E-state index contributed by atoms with van der Waals surface area (Å²) < 4.78 is 0. The van der Waals surface area contributed by atoms with Crippen LogP contribution in [0.25, 0.3) is 0 Å². The Morgan fingerprint density at radius 1 is 1.39 bits per heavy atom. The van der Waals surface area contributed by atoms with Crippen LogP contribution in [0.5, 0.6) is 0 Å². The SMILES string of the molecule is CC(C)CC1(CNc2ccnc(N)c2)CCCC1. The second-order valence-electron chi connectivity index (χ2n) is 6.13. The molecule has 0 radical (unpaired) electrons. The van der Waals surface area contributed by atoms with Gasteiger partial charge in [0.25, 0.3) is 0 Å². The third-order valence-electron chi connectivity index (χ3n) is 3.95. The summed E-state index contributed by atoms with van der Waals surface area (Å²) in [6.07, 6.45) is 8.57. The molecule has 3 N–H and O–H groups in total. The minimum absolute atomic E-state index is 0.492. The molecule has 2 rings (SSSR count). The van der Waals surface area contributed by atoms with Gasteiger partial charge in [-0.2, -0.15) is 0 Å². The maximum absolute atomic E-state index is 5.70. The standard InChI is InChI=1S/C15H25N3/c1-12(2)10-15(6-3-4-7-15)11-18-13-5-8-17-14(16)9-13/h5,8-9,12H,3-4,6-7,10-11H2,1-2H3,(H3,16,17,18). The van der Waals surface area contributed by atoms with Crippen molar-refractivity contribution in [2.45, 2.75) is 46.0 Å². The third kappa shape index (κ3) is 3.37. The van der Waals surface area contributed by atoms with Gasteiger partial charge in [0.2, 0.25) is 0 Å². The van der Waals surface area contributed by atoms with Crippen LogP contribution >= 0.6 is 0 Å². The molecular formula is C15H25N3. The van der Waals surface area contributed by atoms with Crippen LogP contribution in [0.4, 0.5) is 11.5 Å². The fourth-order valence-corrected chi connectivity index (χ4v) is 3.29. The Labute approximate surface area is 110 Å². The van der Waals surface area contributed by atoms with Crippen LogP contribution in [-0.4, -0.2) is 11.5 Å². The van der Waals surface area contributed by atoms with Crippen molar-refractivity contribution >= 4 is 11.5 Å². The molecule has 100 valence electrons. The number of anilines is 2. The first-order chi connectivity index (χ1) is 8.60. The monoisotopic (exact) mass is 247 g/mol. The van der Waals surface area contributed by atoms with E-state index in [0.29, 0.717) is 11.2 Å². The maximum atomic E-state index is 5.70. The van der Waals surface area contributed by atoms with E-state index in [1.165, 1.54) is 32.1 Å². The topological polar surface area (TPSA) is 50.9 Å². The Balaban J connectivity index is 1.97. The fourth-order valence-electron chi connectivity index (χ4n) is 3.29. The molecule has 0 aliphatic heterocycles. The summed E-state index contributed by atoms with van der Waals surface area (Å²) in [6, 6.07) is 3.91. The lowest BCUT2D eigenvalue weighted by Gasteiger charge is -2.31. The minimum atomic E-state index is 0.492. The molecule has 1 aliphatic carbocycles. The van der Waals surface area contributed by atoms with Crippen LogP contribution in [0.3, 0.4) is 0 Å². The first-order valence-electron chi connectivity index (χ1n) is 7.05. The highest BCUT2D eigenvalue weighted by atomic mass is 14.9. The van der Waals surface area contributed by atoms with Gasteiger partial charge in [-0.25, -0.2) is 4.98 Å². The maximum Gasteiger partial charge on any atom is 0.125 e. The van der Waals surface area contributed by atoms with Gasteiger partial charge < -0.3 is 11.1 Å². The molecule has 1 saturated carbocycles. The van der Waals surface area contributed by atoms with Gasteiger partial charge in [-0.05, 0) is 36.7 Å². The van der Waals surface area contributed by atoms with Gasteiger partial charge >= 0.3 is 0 Å². The van der Waals surface area contributed by atoms with E-state index in [0.717, 1.165) is 18.2 Å². The lowest BCUT2D eigenvalue weighted by atomic mass is 9.78. The molecule has 1 fully saturated rings. The number of nitrogens with two attached hydrogens (primary N) is 1. The van der Waals surface area contributed by atoms with Gasteiger partial charge in [0.1, 0.15) is 5.82 Å². The Morgan fingerprint density at radius 3 is 2.72 bits per heavy atom. The van der Waals surface area contributed by atoms with Crippen LogP contribution in [0.2, 0.25) is 0 Å². The van der Waals surface area contributed by atoms with E-state index in [4.69, 9.17) is 5.73 Å². The largest absolute Gasteiger partial charge is 0.384 e. The fraction of sp³-hybridized carbons (Fsp3) is 0.667. The molecule has 0 atom stereocenters. The summed E-state index contributed by atoms with van der Waals surface area (Å²) in [7, 11) is 0. The molecular weight excluding hydrogens is 222 g/mol. The zero-order valence-electron chi connectivity index (χ0n) is 11.6. The molecule has 3 nitrogen and oxygen atoms in total. The molecule has 0 aromatic carbocycles. The second-order valence-corrected chi connectivity index (χ2v) is 6.13. The van der Waals surface area contributed by atoms with Crippen LogP contribution in [0.1, 0.15) is 46.0 Å². The summed E-state index contributed by atoms with van der Waals surface area (Å²) >= 11 is 0. The van der Waals surface area contributed by atoms with Crippen molar-refractivity contribution in [3.05, 3.63) is 18.3 Å². The number of nitrogens with one attached hydrogen (secondary N) is 1. The van der Waals surface area contributed by atoms with Crippen LogP contribution in [0.15, 0.2) is 18.3 Å². The Bertz CT molecular complexity index is 381. The first kappa shape index (κ1) is 13.2. The van der Waals surface area contributed by atoms with Gasteiger partial charge in [0.05, 0.1) is 0 Å². The number of hydrogen-bond donors (Lipinski definition) is 2. The summed E-state index contributed by atoms with van der Waals surface area (Å²) in [6.45, 7) is 5.71. The van der Waals surface area contributed by atoms with Gasteiger partial charge in [-0.1, -0.05) is 26.7 Å². The van der Waals surface area contributed by atoms with Crippen molar-refractivity contribution in [3.8, 4) is 0 Å². The zero-order valence-corrected chi connectivity index (χ0v) is 11.6. The quantitative estimate of drug-likeness (QED) is 0.834. The zero-order chi connectivity index (χ0) is 13.0. The Hall–Kier alpha value is -1.25. The Morgan fingerprint density at radius 2 is 2.11 bits per heavy atom. The number of aromatic nitrogens is 1. The van der Waals surface area contributed by atoms with Crippen LogP contribution in [-0.2, 0) is 0 Å². The number of pyridine rings is 1. The van der Waals surface area contributed by atoms with Gasteiger partial charge in [0.15, 0.2) is 0 Å². The summed E-state index contributed by atoms with van der Waals surface area (Å²) in [5.74, 6) is 1.36. The number of rotatable bonds is 5. The van der Waals surface area contributed by atoms with Gasteiger partial charge in [-0.15, -0.1) is 0 Å². The molecule has 0 saturated heterocycles. The van der Waals surface area contributed by atoms with Crippen molar-refractivity contribution in [2.75, 3.05) is 17.6 Å². The highest BCUT2D eigenvalue weighted by Gasteiger charge is 2.34. The predicted octanol–water partition coefficient (Wildman–Crippen LogP) is 3.68. The average Bonchev–Trinajstić information content (AvgIpc) is 2.75. The van der Waals surface area contributed by atoms with Crippen molar-refractivity contribution in [2.24, 2.45) is 11.3 Å². The highest BCUT2D eigenvalue weighted by Crippen LogP contribution is 2.43. The van der Waals surface area contributed by atoms with Crippen molar-refractivity contribution < 1.29 is 0 Å². The smallest absolute Gasteiger partial charge is 0.125 e. The van der Waals surface area contributed by atoms with Crippen LogP contribution in [0, 0.1) is 11.3 Å². The van der Waals surface area contributed by atoms with E-state index in [-0.39, 0.29) is 0 Å². The van der Waals surface area contributed by atoms with E-state index >= 15 is 0 Å². The van der Waals surface area contributed by atoms with E-state index in [1.807, 2.05) is 12.1 Å². The highest BCUT2D eigenvalue weighted by molar-refractivity contribution is 5.49. The second kappa shape index (κ2) is 5.59. The molecule has 1 aromatic heterocycles. The van der Waals surface area contributed by atoms with Crippen molar-refractivity contribution in [1.82, 2.24) is 4.98 Å². The summed E-state index contributed by atoms with van der Waals surface area (Å²) in [4.78, 5) is 4.02. The molecule has 0 spiro atoms. The molecule has 0 bridgehead atoms. The van der Waals surface area contributed by atoms with Gasteiger partial charge in [0, 0.05) is 24.5 Å².